The zero-order valence-corrected chi connectivity index (χ0v) is 14.6. The number of rotatable bonds is 6. The third-order valence-electron chi connectivity index (χ3n) is 3.44. The second kappa shape index (κ2) is 7.55. The molecule has 0 amide bonds. The number of thioether (sulfide) groups is 1. The standard InChI is InChI=1S/C18H15ClN2O2S/c1-23-16-4-2-3-15(11-16)21-10-9-20-18(21)24-12-17(22)13-5-7-14(19)8-6-13/h2-11H,12H2,1H3. The van der Waals surface area contributed by atoms with Crippen LogP contribution in [-0.4, -0.2) is 28.2 Å². The molecule has 6 heteroatoms. The van der Waals surface area contributed by atoms with Crippen LogP contribution in [0.2, 0.25) is 5.02 Å². The molecule has 3 rings (SSSR count). The van der Waals surface area contributed by atoms with Gasteiger partial charge in [-0.05, 0) is 36.4 Å². The molecule has 0 radical (unpaired) electrons. The lowest BCUT2D eigenvalue weighted by Gasteiger charge is -2.09. The van der Waals surface area contributed by atoms with E-state index >= 15 is 0 Å². The van der Waals surface area contributed by atoms with Gasteiger partial charge >= 0.3 is 0 Å². The van der Waals surface area contributed by atoms with Crippen molar-refractivity contribution in [1.29, 1.82) is 0 Å². The van der Waals surface area contributed by atoms with Crippen LogP contribution < -0.4 is 4.74 Å². The first-order valence-corrected chi connectivity index (χ1v) is 8.63. The zero-order chi connectivity index (χ0) is 16.9. The highest BCUT2D eigenvalue weighted by molar-refractivity contribution is 7.99. The Labute approximate surface area is 149 Å². The maximum absolute atomic E-state index is 12.3. The average Bonchev–Trinajstić information content (AvgIpc) is 3.09. The molecule has 3 aromatic rings. The number of aromatic nitrogens is 2. The molecule has 0 spiro atoms. The van der Waals surface area contributed by atoms with Crippen LogP contribution in [0.15, 0.2) is 66.1 Å². The molecule has 0 saturated carbocycles. The number of Topliss-reactive ketones (excluding diaryl/α,β-unsaturated/α-hetero) is 1. The van der Waals surface area contributed by atoms with Gasteiger partial charge in [0.2, 0.25) is 0 Å². The molecule has 2 aromatic carbocycles. The van der Waals surface area contributed by atoms with Gasteiger partial charge in [-0.15, -0.1) is 0 Å². The molecule has 1 aromatic heterocycles. The van der Waals surface area contributed by atoms with Crippen LogP contribution in [0, 0.1) is 0 Å². The summed E-state index contributed by atoms with van der Waals surface area (Å²) in [5.41, 5.74) is 1.58. The second-order valence-corrected chi connectivity index (χ2v) is 6.38. The molecule has 0 bridgehead atoms. The van der Waals surface area contributed by atoms with Crippen molar-refractivity contribution < 1.29 is 9.53 Å². The molecule has 0 saturated heterocycles. The number of imidazole rings is 1. The lowest BCUT2D eigenvalue weighted by molar-refractivity contribution is 0.102. The summed E-state index contributed by atoms with van der Waals surface area (Å²) in [4.78, 5) is 16.6. The smallest absolute Gasteiger partial charge is 0.173 e. The second-order valence-electron chi connectivity index (χ2n) is 5.00. The predicted molar refractivity (Wildman–Crippen MR) is 96.6 cm³/mol. The lowest BCUT2D eigenvalue weighted by atomic mass is 10.1. The minimum atomic E-state index is 0.0388. The van der Waals surface area contributed by atoms with E-state index in [1.54, 1.807) is 37.6 Å². The Balaban J connectivity index is 1.74. The van der Waals surface area contributed by atoms with Crippen molar-refractivity contribution in [2.45, 2.75) is 5.16 Å². The summed E-state index contributed by atoms with van der Waals surface area (Å²) in [7, 11) is 1.63. The van der Waals surface area contributed by atoms with Gasteiger partial charge in [0.25, 0.3) is 0 Å². The molecule has 0 aliphatic carbocycles. The quantitative estimate of drug-likeness (QED) is 0.480. The fraction of sp³-hybridized carbons (Fsp3) is 0.111. The maximum atomic E-state index is 12.3. The summed E-state index contributed by atoms with van der Waals surface area (Å²) in [5, 5.41) is 1.37. The lowest BCUT2D eigenvalue weighted by Crippen LogP contribution is -2.04. The largest absolute Gasteiger partial charge is 0.497 e. The van der Waals surface area contributed by atoms with E-state index in [0.717, 1.165) is 16.6 Å². The van der Waals surface area contributed by atoms with E-state index in [2.05, 4.69) is 4.98 Å². The first kappa shape index (κ1) is 16.6. The van der Waals surface area contributed by atoms with Gasteiger partial charge in [-0.3, -0.25) is 9.36 Å². The van der Waals surface area contributed by atoms with E-state index in [9.17, 15) is 4.79 Å². The molecule has 1 heterocycles. The van der Waals surface area contributed by atoms with Gasteiger partial charge < -0.3 is 4.74 Å². The van der Waals surface area contributed by atoms with Crippen LogP contribution in [0.4, 0.5) is 0 Å². The van der Waals surface area contributed by atoms with Crippen LogP contribution in [0.5, 0.6) is 5.75 Å². The van der Waals surface area contributed by atoms with E-state index in [4.69, 9.17) is 16.3 Å². The summed E-state index contributed by atoms with van der Waals surface area (Å²) in [6.45, 7) is 0. The number of carbonyl (C=O) groups excluding carboxylic acids is 1. The third-order valence-corrected chi connectivity index (χ3v) is 4.66. The van der Waals surface area contributed by atoms with Gasteiger partial charge in [-0.1, -0.05) is 29.4 Å². The topological polar surface area (TPSA) is 44.1 Å². The fourth-order valence-electron chi connectivity index (χ4n) is 2.20. The van der Waals surface area contributed by atoms with E-state index in [0.29, 0.717) is 16.3 Å². The van der Waals surface area contributed by atoms with E-state index < -0.39 is 0 Å². The Bertz CT molecular complexity index is 846. The van der Waals surface area contributed by atoms with Gasteiger partial charge in [0.15, 0.2) is 10.9 Å². The average molecular weight is 359 g/mol. The molecule has 4 nitrogen and oxygen atoms in total. The summed E-state index contributed by atoms with van der Waals surface area (Å²) < 4.78 is 7.19. The highest BCUT2D eigenvalue weighted by Gasteiger charge is 2.11. The van der Waals surface area contributed by atoms with Gasteiger partial charge in [0.1, 0.15) is 5.75 Å². The van der Waals surface area contributed by atoms with Gasteiger partial charge in [-0.2, -0.15) is 0 Å². The highest BCUT2D eigenvalue weighted by Crippen LogP contribution is 2.24. The SMILES string of the molecule is COc1cccc(-n2ccnc2SCC(=O)c2ccc(Cl)cc2)c1. The molecule has 0 aliphatic heterocycles. The van der Waals surface area contributed by atoms with Crippen LogP contribution in [0.3, 0.4) is 0 Å². The zero-order valence-electron chi connectivity index (χ0n) is 13.0. The number of ether oxygens (including phenoxy) is 1. The molecular formula is C18H15ClN2O2S. The molecule has 0 fully saturated rings. The number of hydrogen-bond acceptors (Lipinski definition) is 4. The molecule has 122 valence electrons. The molecule has 0 N–H and O–H groups in total. The molecular weight excluding hydrogens is 344 g/mol. The number of methoxy groups -OCH3 is 1. The fourth-order valence-corrected chi connectivity index (χ4v) is 3.20. The van der Waals surface area contributed by atoms with Crippen molar-refractivity contribution in [3.8, 4) is 11.4 Å². The number of hydrogen-bond donors (Lipinski definition) is 0. The van der Waals surface area contributed by atoms with E-state index in [-0.39, 0.29) is 5.78 Å². The van der Waals surface area contributed by atoms with Gasteiger partial charge in [0.05, 0.1) is 18.6 Å². The first-order chi connectivity index (χ1) is 11.7. The molecule has 0 atom stereocenters. The maximum Gasteiger partial charge on any atom is 0.173 e. The van der Waals surface area contributed by atoms with Crippen molar-refractivity contribution >= 4 is 29.1 Å². The minimum Gasteiger partial charge on any atom is -0.497 e. The first-order valence-electron chi connectivity index (χ1n) is 7.27. The molecule has 0 unspecified atom stereocenters. The number of benzene rings is 2. The Morgan fingerprint density at radius 1 is 1.25 bits per heavy atom. The normalized spacial score (nSPS) is 10.6. The van der Waals surface area contributed by atoms with Gasteiger partial charge in [-0.25, -0.2) is 4.98 Å². The van der Waals surface area contributed by atoms with Crippen LogP contribution in [-0.2, 0) is 0 Å². The van der Waals surface area contributed by atoms with Crippen LogP contribution in [0.25, 0.3) is 5.69 Å². The minimum absolute atomic E-state index is 0.0388. The monoisotopic (exact) mass is 358 g/mol. The number of carbonyl (C=O) groups is 1. The highest BCUT2D eigenvalue weighted by atomic mass is 35.5. The van der Waals surface area contributed by atoms with Crippen LogP contribution in [0.1, 0.15) is 10.4 Å². The van der Waals surface area contributed by atoms with Crippen molar-refractivity contribution in [3.05, 3.63) is 71.5 Å². The number of halogens is 1. The Morgan fingerprint density at radius 2 is 2.04 bits per heavy atom. The van der Waals surface area contributed by atoms with Crippen molar-refractivity contribution in [3.63, 3.8) is 0 Å². The predicted octanol–water partition coefficient (Wildman–Crippen LogP) is 4.51. The Hall–Kier alpha value is -2.24. The molecule has 0 aliphatic rings. The Morgan fingerprint density at radius 3 is 2.79 bits per heavy atom. The van der Waals surface area contributed by atoms with Crippen molar-refractivity contribution in [1.82, 2.24) is 9.55 Å². The van der Waals surface area contributed by atoms with Crippen molar-refractivity contribution in [2.75, 3.05) is 12.9 Å². The summed E-state index contributed by atoms with van der Waals surface area (Å²) in [6, 6.07) is 14.6. The van der Waals surface area contributed by atoms with Crippen molar-refractivity contribution in [2.24, 2.45) is 0 Å². The van der Waals surface area contributed by atoms with E-state index in [1.807, 2.05) is 35.0 Å². The number of nitrogens with zero attached hydrogens (tertiary/aromatic N) is 2. The van der Waals surface area contributed by atoms with E-state index in [1.165, 1.54) is 11.8 Å². The molecule has 24 heavy (non-hydrogen) atoms. The Kier molecular flexibility index (Phi) is 5.23. The van der Waals surface area contributed by atoms with Crippen LogP contribution >= 0.6 is 23.4 Å². The summed E-state index contributed by atoms with van der Waals surface area (Å²) >= 11 is 7.25. The summed E-state index contributed by atoms with van der Waals surface area (Å²) in [6.07, 6.45) is 3.58. The van der Waals surface area contributed by atoms with Gasteiger partial charge in [0, 0.05) is 29.0 Å². The summed E-state index contributed by atoms with van der Waals surface area (Å²) in [5.74, 6) is 1.12. The third kappa shape index (κ3) is 3.80. The number of ketones is 1.